The summed E-state index contributed by atoms with van der Waals surface area (Å²) >= 11 is 0. The van der Waals surface area contributed by atoms with Gasteiger partial charge in [-0.05, 0) is 31.2 Å². The molecule has 0 atom stereocenters. The van der Waals surface area contributed by atoms with Gasteiger partial charge in [0.1, 0.15) is 5.56 Å². The number of carbonyl (C=O) groups excluding carboxylic acids is 1. The van der Waals surface area contributed by atoms with Gasteiger partial charge in [-0.2, -0.15) is 13.2 Å². The van der Waals surface area contributed by atoms with Gasteiger partial charge < -0.3 is 14.9 Å². The number of amides is 1. The predicted octanol–water partition coefficient (Wildman–Crippen LogP) is 1.64. The lowest BCUT2D eigenvalue weighted by Crippen LogP contribution is -2.27. The largest absolute Gasteiger partial charge is 0.493 e. The number of carbonyl (C=O) groups is 1. The van der Waals surface area contributed by atoms with E-state index < -0.39 is 15.9 Å². The van der Waals surface area contributed by atoms with Crippen molar-refractivity contribution in [3.8, 4) is 5.75 Å². The Morgan fingerprint density at radius 3 is 2.52 bits per heavy atom. The molecule has 0 unspecified atom stereocenters. The van der Waals surface area contributed by atoms with Crippen LogP contribution in [-0.2, 0) is 10.0 Å². The molecule has 1 aromatic heterocycles. The molecule has 27 heavy (non-hydrogen) atoms. The average molecular weight is 387 g/mol. The van der Waals surface area contributed by atoms with Crippen molar-refractivity contribution in [1.82, 2.24) is 4.83 Å². The molecule has 0 aliphatic carbocycles. The van der Waals surface area contributed by atoms with Gasteiger partial charge in [-0.1, -0.05) is 29.8 Å². The zero-order chi connectivity index (χ0) is 19.6. The van der Waals surface area contributed by atoms with E-state index in [0.717, 1.165) is 5.56 Å². The molecule has 1 heterocycles. The second-order valence-corrected chi connectivity index (χ2v) is 7.39. The van der Waals surface area contributed by atoms with Gasteiger partial charge >= 0.3 is 0 Å². The van der Waals surface area contributed by atoms with Crippen molar-refractivity contribution in [2.24, 2.45) is 10.8 Å². The minimum atomic E-state index is -3.95. The lowest BCUT2D eigenvalue weighted by Gasteiger charge is -2.07. The second-order valence-electron chi connectivity index (χ2n) is 5.73. The molecule has 0 saturated heterocycles. The molecular weight excluding hydrogens is 370 g/mol. The van der Waals surface area contributed by atoms with Gasteiger partial charge in [0.2, 0.25) is 5.55 Å². The van der Waals surface area contributed by atoms with Gasteiger partial charge in [-0.25, -0.2) is 0 Å². The first kappa shape index (κ1) is 18.5. The molecule has 3 N–H and O–H groups in total. The molecule has 0 radical (unpaired) electrons. The van der Waals surface area contributed by atoms with Gasteiger partial charge in [-0.15, -0.1) is 5.10 Å². The Balaban J connectivity index is 2.12. The van der Waals surface area contributed by atoms with Crippen molar-refractivity contribution in [3.63, 3.8) is 0 Å². The number of nitrogens with zero attached hydrogens (tertiary/aromatic N) is 1. The molecule has 0 saturated carbocycles. The summed E-state index contributed by atoms with van der Waals surface area (Å²) in [5.74, 6) is -0.405. The number of aryl methyl sites for hydroxylation is 1. The number of primary amides is 1. The molecule has 8 nitrogen and oxygen atoms in total. The lowest BCUT2D eigenvalue weighted by atomic mass is 10.1. The zero-order valence-corrected chi connectivity index (χ0v) is 15.4. The Kier molecular flexibility index (Phi) is 4.87. The number of hydrogen-bond acceptors (Lipinski definition) is 6. The Morgan fingerprint density at radius 1 is 1.19 bits per heavy atom. The van der Waals surface area contributed by atoms with E-state index in [1.807, 2.05) is 6.92 Å². The lowest BCUT2D eigenvalue weighted by molar-refractivity contribution is 0.0996. The molecule has 0 fully saturated rings. The molecule has 1 amide bonds. The topological polar surface area (TPSA) is 124 Å². The molecule has 3 aromatic rings. The SMILES string of the molecule is COc1cccc2cc(C(N)=O)/c(=N/NS(=O)(=O)c3ccc(C)cc3)oc12. The highest BCUT2D eigenvalue weighted by atomic mass is 32.2. The number of sulfonamides is 1. The molecular formula is C18H17N3O5S. The first-order chi connectivity index (χ1) is 12.8. The quantitative estimate of drug-likeness (QED) is 0.644. The Labute approximate surface area is 155 Å². The number of rotatable bonds is 5. The molecule has 0 aliphatic rings. The van der Waals surface area contributed by atoms with Gasteiger partial charge in [0.05, 0.1) is 12.0 Å². The number of nitrogens with one attached hydrogen (secondary N) is 1. The summed E-state index contributed by atoms with van der Waals surface area (Å²) in [7, 11) is -2.49. The molecule has 3 rings (SSSR count). The summed E-state index contributed by atoms with van der Waals surface area (Å²) < 4.78 is 35.6. The van der Waals surface area contributed by atoms with Crippen LogP contribution in [-0.4, -0.2) is 21.4 Å². The first-order valence-corrected chi connectivity index (χ1v) is 9.33. The third-order valence-corrected chi connectivity index (χ3v) is 5.05. The molecule has 140 valence electrons. The van der Waals surface area contributed by atoms with Crippen LogP contribution in [0.3, 0.4) is 0 Å². The number of hydrogen-bond donors (Lipinski definition) is 2. The fraction of sp³-hybridized carbons (Fsp3) is 0.111. The van der Waals surface area contributed by atoms with Crippen molar-refractivity contribution in [2.75, 3.05) is 7.11 Å². The Bertz CT molecular complexity index is 1180. The number of ether oxygens (including phenoxy) is 1. The van der Waals surface area contributed by atoms with Gasteiger partial charge in [-0.3, -0.25) is 4.79 Å². The van der Waals surface area contributed by atoms with Gasteiger partial charge in [0.15, 0.2) is 11.3 Å². The van der Waals surface area contributed by atoms with E-state index in [-0.39, 0.29) is 16.0 Å². The van der Waals surface area contributed by atoms with Gasteiger partial charge in [0, 0.05) is 5.39 Å². The zero-order valence-electron chi connectivity index (χ0n) is 14.6. The van der Waals surface area contributed by atoms with E-state index in [2.05, 4.69) is 9.93 Å². The fourth-order valence-corrected chi connectivity index (χ4v) is 3.22. The van der Waals surface area contributed by atoms with Crippen LogP contribution >= 0.6 is 0 Å². The van der Waals surface area contributed by atoms with E-state index in [9.17, 15) is 13.2 Å². The molecule has 2 aromatic carbocycles. The van der Waals surface area contributed by atoms with Crippen molar-refractivity contribution in [2.45, 2.75) is 11.8 Å². The van der Waals surface area contributed by atoms with Crippen molar-refractivity contribution in [1.29, 1.82) is 0 Å². The Morgan fingerprint density at radius 2 is 1.89 bits per heavy atom. The minimum absolute atomic E-state index is 0.0239. The van der Waals surface area contributed by atoms with E-state index in [1.54, 1.807) is 30.3 Å². The molecule has 9 heteroatoms. The van der Waals surface area contributed by atoms with E-state index in [0.29, 0.717) is 16.7 Å². The van der Waals surface area contributed by atoms with Crippen molar-refractivity contribution >= 4 is 26.9 Å². The van der Waals surface area contributed by atoms with E-state index >= 15 is 0 Å². The number of benzene rings is 2. The maximum Gasteiger partial charge on any atom is 0.276 e. The maximum atomic E-state index is 12.4. The highest BCUT2D eigenvalue weighted by Gasteiger charge is 2.15. The van der Waals surface area contributed by atoms with E-state index in [1.165, 1.54) is 25.3 Å². The second kappa shape index (κ2) is 7.12. The highest BCUT2D eigenvalue weighted by molar-refractivity contribution is 7.89. The average Bonchev–Trinajstić information content (AvgIpc) is 2.65. The fourth-order valence-electron chi connectivity index (χ4n) is 2.42. The number of methoxy groups -OCH3 is 1. The summed E-state index contributed by atoms with van der Waals surface area (Å²) in [5, 5.41) is 4.32. The summed E-state index contributed by atoms with van der Waals surface area (Å²) in [6.07, 6.45) is 0. The van der Waals surface area contributed by atoms with Crippen LogP contribution in [0.25, 0.3) is 11.0 Å². The first-order valence-electron chi connectivity index (χ1n) is 7.84. The standard InChI is InChI=1S/C18H17N3O5S/c1-11-6-8-13(9-7-11)27(23,24)21-20-18-14(17(19)22)10-12-4-3-5-15(25-2)16(12)26-18/h3-10,21H,1-2H3,(H2,19,22)/b20-18-. The summed E-state index contributed by atoms with van der Waals surface area (Å²) in [6.45, 7) is 1.84. The third-order valence-electron chi connectivity index (χ3n) is 3.82. The molecule has 0 aliphatic heterocycles. The van der Waals surface area contributed by atoms with Crippen LogP contribution in [0.2, 0.25) is 0 Å². The predicted molar refractivity (Wildman–Crippen MR) is 98.3 cm³/mol. The number of nitrogens with two attached hydrogens (primary N) is 1. The summed E-state index contributed by atoms with van der Waals surface area (Å²) in [4.78, 5) is 13.8. The highest BCUT2D eigenvalue weighted by Crippen LogP contribution is 2.24. The smallest absolute Gasteiger partial charge is 0.276 e. The summed E-state index contributed by atoms with van der Waals surface area (Å²) in [5.41, 5.74) is 6.26. The molecule has 0 spiro atoms. The van der Waals surface area contributed by atoms with E-state index in [4.69, 9.17) is 14.9 Å². The van der Waals surface area contributed by atoms with Crippen LogP contribution in [0.4, 0.5) is 0 Å². The van der Waals surface area contributed by atoms with Crippen LogP contribution in [0.5, 0.6) is 5.75 Å². The normalized spacial score (nSPS) is 12.1. The molecule has 0 bridgehead atoms. The minimum Gasteiger partial charge on any atom is -0.493 e. The van der Waals surface area contributed by atoms with Crippen LogP contribution in [0.1, 0.15) is 15.9 Å². The number of fused-ring (bicyclic) bond motifs is 1. The number of para-hydroxylation sites is 1. The van der Waals surface area contributed by atoms with Crippen molar-refractivity contribution in [3.05, 3.63) is 65.2 Å². The summed E-state index contributed by atoms with van der Waals surface area (Å²) in [6, 6.07) is 12.8. The van der Waals surface area contributed by atoms with Crippen molar-refractivity contribution < 1.29 is 22.4 Å². The Hall–Kier alpha value is -3.33. The monoisotopic (exact) mass is 387 g/mol. The maximum absolute atomic E-state index is 12.4. The third kappa shape index (κ3) is 3.77. The van der Waals surface area contributed by atoms with Crippen LogP contribution in [0, 0.1) is 6.92 Å². The van der Waals surface area contributed by atoms with Crippen LogP contribution < -0.4 is 20.9 Å². The van der Waals surface area contributed by atoms with Crippen LogP contribution in [0.15, 0.2) is 62.9 Å². The van der Waals surface area contributed by atoms with Gasteiger partial charge in [0.25, 0.3) is 15.9 Å².